The van der Waals surface area contributed by atoms with E-state index in [9.17, 15) is 0 Å². The first kappa shape index (κ1) is 85.1. The molecule has 0 spiro atoms. The zero-order chi connectivity index (χ0) is 61.5. The fourth-order valence-corrected chi connectivity index (χ4v) is 11.4. The van der Waals surface area contributed by atoms with Crippen LogP contribution in [0, 0.1) is 27.7 Å². The molecule has 0 saturated heterocycles. The van der Waals surface area contributed by atoms with Crippen molar-refractivity contribution in [2.24, 2.45) is 0 Å². The largest absolute Gasteiger partial charge is 1.00 e. The fraction of sp³-hybridized carbons (Fsp3) is 0.256. The van der Waals surface area contributed by atoms with Gasteiger partial charge in [0.2, 0.25) is 0 Å². The molecule has 0 aliphatic rings. The van der Waals surface area contributed by atoms with Crippen LogP contribution < -0.4 is 49.6 Å². The van der Waals surface area contributed by atoms with Crippen molar-refractivity contribution in [3.63, 3.8) is 0 Å². The Hall–Kier alpha value is -4.90. The summed E-state index contributed by atoms with van der Waals surface area (Å²) in [4.78, 5) is 0. The topological polar surface area (TPSA) is 0 Å². The van der Waals surface area contributed by atoms with Crippen LogP contribution in [0.25, 0.3) is 87.6 Å². The Balaban J connectivity index is 0.000000583. The number of benzene rings is 8. The number of hydrogen-bond donors (Lipinski definition) is 0. The molecule has 0 aliphatic heterocycles. The van der Waals surface area contributed by atoms with Gasteiger partial charge >= 0.3 is 0 Å². The summed E-state index contributed by atoms with van der Waals surface area (Å²) in [6, 6.07) is 81.1. The van der Waals surface area contributed by atoms with Gasteiger partial charge in [0.05, 0.1) is 0 Å². The molecular formula is C86H96Cl4Hf2-12. The average molecular weight is 1630 g/mol. The Morgan fingerprint density at radius 1 is 0.304 bits per heavy atom. The van der Waals surface area contributed by atoms with E-state index in [1.807, 2.05) is 0 Å². The first-order valence-electron chi connectivity index (χ1n) is 32.1. The average Bonchev–Trinajstić information content (AvgIpc) is 2.06. The molecule has 488 valence electrons. The molecule has 6 heteroatoms. The van der Waals surface area contributed by atoms with Crippen LogP contribution >= 0.6 is 0 Å². The molecule has 0 nitrogen and oxygen atoms in total. The molecule has 0 amide bonds. The van der Waals surface area contributed by atoms with Crippen molar-refractivity contribution in [1.82, 2.24) is 0 Å². The number of rotatable bonds is 14. The molecule has 0 radical (unpaired) electrons. The van der Waals surface area contributed by atoms with Crippen LogP contribution in [0.15, 0.2) is 218 Å². The van der Waals surface area contributed by atoms with E-state index in [0.29, 0.717) is 11.8 Å². The summed E-state index contributed by atoms with van der Waals surface area (Å²) in [7, 11) is 0. The monoisotopic (exact) mass is 1630 g/mol. The number of halogens is 4. The van der Waals surface area contributed by atoms with Gasteiger partial charge in [0.25, 0.3) is 0 Å². The third kappa shape index (κ3) is 23.2. The minimum Gasteiger partial charge on any atom is -1.00 e. The maximum Gasteiger partial charge on any atom is 0 e. The Morgan fingerprint density at radius 2 is 0.511 bits per heavy atom. The SMILES string of the molecule is CCCc1ccc(-c2cccc3[cH-]c(CC)cc23)cc1.CCCc1ccc(-c2cccc3[cH-]c(CC)cc23)cc1.CCc1cc2c(-c3ccc(C(C)C)cc3)cccc2[cH-]1.CCc1cc2c(-c3ccc(C(C)C)cc3)cccc2[cH-]1.[CH2-]C[CH2-].[CH2-]C[CH2-].[Cl-].[Cl-].[Cl-].[Cl-].[Hf].[Hf]. The van der Waals surface area contributed by atoms with Crippen molar-refractivity contribution in [1.29, 1.82) is 0 Å². The Kier molecular flexibility index (Phi) is 40.7. The van der Waals surface area contributed by atoms with Crippen LogP contribution in [0.3, 0.4) is 0 Å². The molecule has 12 aromatic carbocycles. The minimum atomic E-state index is 0. The van der Waals surface area contributed by atoms with Gasteiger partial charge in [-0.05, 0) is 94.9 Å². The van der Waals surface area contributed by atoms with E-state index in [4.69, 9.17) is 0 Å². The molecule has 0 fully saturated rings. The first-order valence-corrected chi connectivity index (χ1v) is 32.1. The van der Waals surface area contributed by atoms with Crippen molar-refractivity contribution in [3.8, 4) is 44.5 Å². The van der Waals surface area contributed by atoms with E-state index >= 15 is 0 Å². The molecule has 0 aliphatic carbocycles. The van der Waals surface area contributed by atoms with Gasteiger partial charge in [-0.15, -0.1) is 138 Å². The van der Waals surface area contributed by atoms with E-state index in [-0.39, 0.29) is 101 Å². The van der Waals surface area contributed by atoms with E-state index in [1.165, 1.54) is 158 Å². The molecule has 0 atom stereocenters. The summed E-state index contributed by atoms with van der Waals surface area (Å²) in [6.45, 7) is 35.8. The van der Waals surface area contributed by atoms with Crippen LogP contribution in [0.5, 0.6) is 0 Å². The summed E-state index contributed by atoms with van der Waals surface area (Å²) in [5.74, 6) is 1.18. The minimum absolute atomic E-state index is 0. The van der Waals surface area contributed by atoms with Crippen molar-refractivity contribution in [3.05, 3.63) is 291 Å². The normalized spacial score (nSPS) is 10.2. The maximum atomic E-state index is 3.38. The summed E-state index contributed by atoms with van der Waals surface area (Å²) < 4.78 is 0. The molecule has 12 rings (SSSR count). The number of aryl methyl sites for hydroxylation is 6. The molecule has 0 unspecified atom stereocenters. The van der Waals surface area contributed by atoms with Gasteiger partial charge in [-0.1, -0.05) is 226 Å². The Bertz CT molecular complexity index is 3660. The van der Waals surface area contributed by atoms with E-state index in [0.717, 1.165) is 38.5 Å². The van der Waals surface area contributed by atoms with Crippen LogP contribution in [0.1, 0.15) is 151 Å². The summed E-state index contributed by atoms with van der Waals surface area (Å²) in [5, 5.41) is 10.9. The van der Waals surface area contributed by atoms with Crippen molar-refractivity contribution in [2.75, 3.05) is 0 Å². The summed E-state index contributed by atoms with van der Waals surface area (Å²) in [6.07, 6.45) is 10.6. The number of hydrogen-bond acceptors (Lipinski definition) is 0. The zero-order valence-electron chi connectivity index (χ0n) is 56.4. The van der Waals surface area contributed by atoms with Crippen LogP contribution in [0.4, 0.5) is 0 Å². The molecule has 12 aromatic rings. The molecule has 0 saturated carbocycles. The van der Waals surface area contributed by atoms with E-state index < -0.39 is 0 Å². The fourth-order valence-electron chi connectivity index (χ4n) is 11.4. The first-order chi connectivity index (χ1) is 41.8. The van der Waals surface area contributed by atoms with Gasteiger partial charge in [-0.2, -0.15) is 24.3 Å². The smallest absolute Gasteiger partial charge is 0 e. The second-order valence-electron chi connectivity index (χ2n) is 23.3. The molecule has 0 aromatic heterocycles. The van der Waals surface area contributed by atoms with Crippen LogP contribution in [0.2, 0.25) is 0 Å². The van der Waals surface area contributed by atoms with E-state index in [2.05, 4.69) is 315 Å². The summed E-state index contributed by atoms with van der Waals surface area (Å²) >= 11 is 0. The van der Waals surface area contributed by atoms with Crippen molar-refractivity contribution in [2.45, 2.75) is 145 Å². The predicted molar refractivity (Wildman–Crippen MR) is 384 cm³/mol. The maximum absolute atomic E-state index is 3.38. The van der Waals surface area contributed by atoms with Crippen molar-refractivity contribution < 1.29 is 101 Å². The molecule has 0 heterocycles. The Morgan fingerprint density at radius 3 is 0.696 bits per heavy atom. The van der Waals surface area contributed by atoms with Crippen LogP contribution in [-0.4, -0.2) is 0 Å². The third-order valence-electron chi connectivity index (χ3n) is 16.3. The van der Waals surface area contributed by atoms with Gasteiger partial charge in [0.1, 0.15) is 0 Å². The molecule has 0 N–H and O–H groups in total. The van der Waals surface area contributed by atoms with Gasteiger partial charge in [-0.3, -0.25) is 0 Å². The number of fused-ring (bicyclic) bond motifs is 4. The zero-order valence-corrected chi connectivity index (χ0v) is 66.6. The van der Waals surface area contributed by atoms with Gasteiger partial charge in [0, 0.05) is 51.7 Å². The standard InChI is InChI=1S/4C20H21.2C3H6.4ClH.2Hf/c2*1-4-15-12-18-6-5-7-19(20(18)13-15)17-10-8-16(9-11-17)14(2)3;2*1-3-6-16-9-11-17(12-10-16)19-8-5-7-18-13-15(4-2)14-20(18)19;2*1-3-2;;;;;;/h2*5-14H,4H2,1-3H3;2*5,7-14H,3-4,6H2,1-2H3;2*1-3H2;4*1H;;/q4*-1;2*-2;;;;;;/p-4. The third-order valence-corrected chi connectivity index (χ3v) is 16.3. The van der Waals surface area contributed by atoms with Gasteiger partial charge in [-0.25, -0.2) is 0 Å². The predicted octanol–water partition coefficient (Wildman–Crippen LogP) is 13.4. The van der Waals surface area contributed by atoms with Gasteiger partial charge < -0.3 is 90.2 Å². The van der Waals surface area contributed by atoms with Crippen LogP contribution in [-0.2, 0) is 90.2 Å². The second kappa shape index (κ2) is 44.0. The quantitative estimate of drug-likeness (QED) is 0.0752. The molecule has 0 bridgehead atoms. The van der Waals surface area contributed by atoms with Gasteiger partial charge in [0.15, 0.2) is 0 Å². The summed E-state index contributed by atoms with van der Waals surface area (Å²) in [5.41, 5.74) is 22.0. The van der Waals surface area contributed by atoms with Crippen molar-refractivity contribution >= 4 is 43.1 Å². The van der Waals surface area contributed by atoms with E-state index in [1.54, 1.807) is 0 Å². The molecule has 92 heavy (non-hydrogen) atoms. The Labute approximate surface area is 618 Å². The second-order valence-corrected chi connectivity index (χ2v) is 23.3. The molecular weight excluding hydrogens is 1530 g/mol.